The molecule has 2 rings (SSSR count). The van der Waals surface area contributed by atoms with Crippen LogP contribution in [0.15, 0.2) is 30.3 Å². The second-order valence-electron chi connectivity index (χ2n) is 3.59. The lowest BCUT2D eigenvalue weighted by Gasteiger charge is -2.03. The molecule has 2 N–H and O–H groups in total. The maximum absolute atomic E-state index is 6.16. The van der Waals surface area contributed by atoms with Crippen LogP contribution >= 0.6 is 34.5 Å². The van der Waals surface area contributed by atoms with Gasteiger partial charge in [0.25, 0.3) is 0 Å². The van der Waals surface area contributed by atoms with Gasteiger partial charge in [0.2, 0.25) is 0 Å². The van der Waals surface area contributed by atoms with Crippen LogP contribution in [0.1, 0.15) is 17.8 Å². The van der Waals surface area contributed by atoms with Gasteiger partial charge in [-0.2, -0.15) is 0 Å². The number of benzene rings is 1. The average molecular weight is 272 g/mol. The zero-order valence-corrected chi connectivity index (χ0v) is 11.0. The van der Waals surface area contributed by atoms with Crippen LogP contribution in [0.2, 0.25) is 10.0 Å². The third kappa shape index (κ3) is 2.25. The van der Waals surface area contributed by atoms with E-state index in [4.69, 9.17) is 28.9 Å². The van der Waals surface area contributed by atoms with E-state index in [-0.39, 0.29) is 6.04 Å². The van der Waals surface area contributed by atoms with E-state index in [2.05, 4.69) is 0 Å². The van der Waals surface area contributed by atoms with Crippen LogP contribution in [0.5, 0.6) is 0 Å². The molecule has 0 saturated carbocycles. The predicted molar refractivity (Wildman–Crippen MR) is 72.4 cm³/mol. The molecule has 0 spiro atoms. The number of thiophene rings is 1. The Morgan fingerprint density at radius 3 is 2.56 bits per heavy atom. The fraction of sp³-hybridized carbons (Fsp3) is 0.167. The SMILES string of the molecule is CC(N)c1ccc(-c2cccc(Cl)c2Cl)s1. The van der Waals surface area contributed by atoms with Crippen molar-refractivity contribution < 1.29 is 0 Å². The highest BCUT2D eigenvalue weighted by molar-refractivity contribution is 7.15. The first-order valence-electron chi connectivity index (χ1n) is 4.89. The molecule has 1 unspecified atom stereocenters. The van der Waals surface area contributed by atoms with Gasteiger partial charge in [-0.05, 0) is 25.1 Å². The molecule has 1 aromatic heterocycles. The molecule has 0 bridgehead atoms. The van der Waals surface area contributed by atoms with Crippen LogP contribution in [0, 0.1) is 0 Å². The van der Waals surface area contributed by atoms with Gasteiger partial charge in [-0.15, -0.1) is 11.3 Å². The molecular formula is C12H11Cl2NS. The van der Waals surface area contributed by atoms with Gasteiger partial charge in [-0.1, -0.05) is 35.3 Å². The number of hydrogen-bond acceptors (Lipinski definition) is 2. The lowest BCUT2D eigenvalue weighted by atomic mass is 10.2. The normalized spacial score (nSPS) is 12.8. The minimum Gasteiger partial charge on any atom is -0.324 e. The molecule has 0 amide bonds. The third-order valence-electron chi connectivity index (χ3n) is 2.29. The molecule has 0 aliphatic rings. The molecular weight excluding hydrogens is 261 g/mol. The fourth-order valence-electron chi connectivity index (χ4n) is 1.44. The summed E-state index contributed by atoms with van der Waals surface area (Å²) < 4.78 is 0. The standard InChI is InChI=1S/C12H11Cl2NS/c1-7(15)10-5-6-11(16-10)8-3-2-4-9(13)12(8)14/h2-7H,15H2,1H3. The Balaban J connectivity index is 2.47. The van der Waals surface area contributed by atoms with Crippen molar-refractivity contribution >= 4 is 34.5 Å². The van der Waals surface area contributed by atoms with Crippen molar-refractivity contribution in [3.05, 3.63) is 45.3 Å². The van der Waals surface area contributed by atoms with E-state index in [0.29, 0.717) is 10.0 Å². The number of nitrogens with two attached hydrogens (primary N) is 1. The summed E-state index contributed by atoms with van der Waals surface area (Å²) in [5, 5.41) is 1.18. The Morgan fingerprint density at radius 1 is 1.19 bits per heavy atom. The first kappa shape index (κ1) is 11.9. The Hall–Kier alpha value is -0.540. The number of hydrogen-bond donors (Lipinski definition) is 1. The Kier molecular flexibility index (Phi) is 3.55. The van der Waals surface area contributed by atoms with Gasteiger partial charge < -0.3 is 5.73 Å². The molecule has 1 nitrogen and oxygen atoms in total. The van der Waals surface area contributed by atoms with Crippen molar-refractivity contribution in [1.82, 2.24) is 0 Å². The van der Waals surface area contributed by atoms with Crippen LogP contribution in [-0.4, -0.2) is 0 Å². The van der Waals surface area contributed by atoms with Gasteiger partial charge in [0, 0.05) is 21.4 Å². The monoisotopic (exact) mass is 271 g/mol. The minimum atomic E-state index is 0.0525. The molecule has 0 saturated heterocycles. The van der Waals surface area contributed by atoms with Gasteiger partial charge in [0.15, 0.2) is 0 Å². The number of rotatable bonds is 2. The maximum Gasteiger partial charge on any atom is 0.0678 e. The van der Waals surface area contributed by atoms with E-state index >= 15 is 0 Å². The lowest BCUT2D eigenvalue weighted by Crippen LogP contribution is -2.01. The van der Waals surface area contributed by atoms with E-state index in [9.17, 15) is 0 Å². The van der Waals surface area contributed by atoms with Crippen LogP contribution < -0.4 is 5.73 Å². The largest absolute Gasteiger partial charge is 0.324 e. The van der Waals surface area contributed by atoms with Crippen LogP contribution in [0.4, 0.5) is 0 Å². The summed E-state index contributed by atoms with van der Waals surface area (Å²) in [6.07, 6.45) is 0. The molecule has 0 aliphatic heterocycles. The molecule has 0 aliphatic carbocycles. The van der Waals surface area contributed by atoms with Gasteiger partial charge in [-0.25, -0.2) is 0 Å². The predicted octanol–water partition coefficient (Wildman–Crippen LogP) is 4.74. The van der Waals surface area contributed by atoms with E-state index in [1.165, 1.54) is 0 Å². The van der Waals surface area contributed by atoms with E-state index in [1.54, 1.807) is 17.4 Å². The van der Waals surface area contributed by atoms with Crippen LogP contribution in [-0.2, 0) is 0 Å². The zero-order chi connectivity index (χ0) is 11.7. The summed E-state index contributed by atoms with van der Waals surface area (Å²) in [6.45, 7) is 1.97. The van der Waals surface area contributed by atoms with Gasteiger partial charge >= 0.3 is 0 Å². The summed E-state index contributed by atoms with van der Waals surface area (Å²) in [6, 6.07) is 9.76. The van der Waals surface area contributed by atoms with Crippen molar-refractivity contribution in [2.75, 3.05) is 0 Å². The molecule has 1 aromatic carbocycles. The molecule has 84 valence electrons. The Morgan fingerprint density at radius 2 is 1.94 bits per heavy atom. The third-order valence-corrected chi connectivity index (χ3v) is 4.43. The first-order chi connectivity index (χ1) is 7.59. The fourth-order valence-corrected chi connectivity index (χ4v) is 2.89. The highest BCUT2D eigenvalue weighted by atomic mass is 35.5. The minimum absolute atomic E-state index is 0.0525. The van der Waals surface area contributed by atoms with Gasteiger partial charge in [0.1, 0.15) is 0 Å². The average Bonchev–Trinajstić information content (AvgIpc) is 2.71. The van der Waals surface area contributed by atoms with E-state index in [0.717, 1.165) is 15.3 Å². The summed E-state index contributed by atoms with van der Waals surface area (Å²) in [7, 11) is 0. The zero-order valence-electron chi connectivity index (χ0n) is 8.71. The van der Waals surface area contributed by atoms with Crippen molar-refractivity contribution in [2.45, 2.75) is 13.0 Å². The summed E-state index contributed by atoms with van der Waals surface area (Å²) in [5.74, 6) is 0. The first-order valence-corrected chi connectivity index (χ1v) is 6.46. The van der Waals surface area contributed by atoms with Crippen molar-refractivity contribution in [2.24, 2.45) is 5.73 Å². The van der Waals surface area contributed by atoms with Crippen molar-refractivity contribution in [1.29, 1.82) is 0 Å². The van der Waals surface area contributed by atoms with Crippen LogP contribution in [0.25, 0.3) is 10.4 Å². The molecule has 2 aromatic rings. The highest BCUT2D eigenvalue weighted by Gasteiger charge is 2.10. The topological polar surface area (TPSA) is 26.0 Å². The second kappa shape index (κ2) is 4.76. The van der Waals surface area contributed by atoms with Gasteiger partial charge in [0.05, 0.1) is 10.0 Å². The highest BCUT2D eigenvalue weighted by Crippen LogP contribution is 2.37. The second-order valence-corrected chi connectivity index (χ2v) is 5.49. The summed E-state index contributed by atoms with van der Waals surface area (Å²) >= 11 is 13.8. The smallest absolute Gasteiger partial charge is 0.0678 e. The number of halogens is 2. The van der Waals surface area contributed by atoms with Crippen LogP contribution in [0.3, 0.4) is 0 Å². The molecule has 0 radical (unpaired) electrons. The lowest BCUT2D eigenvalue weighted by molar-refractivity contribution is 0.838. The molecule has 1 heterocycles. The summed E-state index contributed by atoms with van der Waals surface area (Å²) in [4.78, 5) is 2.24. The van der Waals surface area contributed by atoms with E-state index < -0.39 is 0 Å². The van der Waals surface area contributed by atoms with Crippen molar-refractivity contribution in [3.8, 4) is 10.4 Å². The quantitative estimate of drug-likeness (QED) is 0.839. The molecule has 4 heteroatoms. The van der Waals surface area contributed by atoms with E-state index in [1.807, 2.05) is 31.2 Å². The summed E-state index contributed by atoms with van der Waals surface area (Å²) in [5.41, 5.74) is 6.79. The molecule has 16 heavy (non-hydrogen) atoms. The molecule has 1 atom stereocenters. The Bertz CT molecular complexity index is 505. The molecule has 0 fully saturated rings. The van der Waals surface area contributed by atoms with Gasteiger partial charge in [-0.3, -0.25) is 0 Å². The maximum atomic E-state index is 6.16. The van der Waals surface area contributed by atoms with Crippen molar-refractivity contribution in [3.63, 3.8) is 0 Å². The Labute approximate surface area is 109 Å².